The molecule has 1 N–H and O–H groups in total. The van der Waals surface area contributed by atoms with Crippen LogP contribution in [0.2, 0.25) is 0 Å². The van der Waals surface area contributed by atoms with Crippen molar-refractivity contribution in [1.29, 1.82) is 0 Å². The van der Waals surface area contributed by atoms with Crippen LogP contribution < -0.4 is 4.90 Å². The SMILES string of the molecule is CCCCCCCCCC.Cc1ccccc1N(C)C(=O)O. The molecule has 1 rings (SSSR count). The maximum absolute atomic E-state index is 10.6. The molecule has 0 saturated heterocycles. The van der Waals surface area contributed by atoms with Gasteiger partial charge in [0.2, 0.25) is 0 Å². The summed E-state index contributed by atoms with van der Waals surface area (Å²) in [5.41, 5.74) is 1.69. The maximum atomic E-state index is 10.6. The monoisotopic (exact) mass is 307 g/mol. The fraction of sp³-hybridized carbons (Fsp3) is 0.632. The number of aryl methyl sites for hydroxylation is 1. The molecule has 1 aromatic rings. The third-order valence-corrected chi connectivity index (χ3v) is 3.72. The van der Waals surface area contributed by atoms with Gasteiger partial charge in [-0.05, 0) is 18.6 Å². The zero-order valence-corrected chi connectivity index (χ0v) is 14.8. The van der Waals surface area contributed by atoms with Crippen LogP contribution in [0, 0.1) is 6.92 Å². The van der Waals surface area contributed by atoms with E-state index in [9.17, 15) is 4.79 Å². The fourth-order valence-electron chi connectivity index (χ4n) is 2.25. The number of carboxylic acid groups (broad SMARTS) is 1. The lowest BCUT2D eigenvalue weighted by Crippen LogP contribution is -2.24. The highest BCUT2D eigenvalue weighted by atomic mass is 16.4. The number of hydrogen-bond donors (Lipinski definition) is 1. The van der Waals surface area contributed by atoms with Gasteiger partial charge in [0.05, 0.1) is 0 Å². The summed E-state index contributed by atoms with van der Waals surface area (Å²) in [5.74, 6) is 0. The first-order valence-corrected chi connectivity index (χ1v) is 8.56. The van der Waals surface area contributed by atoms with Gasteiger partial charge in [-0.2, -0.15) is 0 Å². The average molecular weight is 307 g/mol. The molecule has 0 radical (unpaired) electrons. The van der Waals surface area contributed by atoms with Crippen molar-refractivity contribution in [3.05, 3.63) is 29.8 Å². The van der Waals surface area contributed by atoms with Gasteiger partial charge >= 0.3 is 6.09 Å². The second kappa shape index (κ2) is 13.2. The third-order valence-electron chi connectivity index (χ3n) is 3.72. The van der Waals surface area contributed by atoms with Crippen molar-refractivity contribution in [2.24, 2.45) is 0 Å². The van der Waals surface area contributed by atoms with E-state index in [0.29, 0.717) is 0 Å². The Morgan fingerprint density at radius 1 is 0.955 bits per heavy atom. The summed E-state index contributed by atoms with van der Waals surface area (Å²) in [4.78, 5) is 11.8. The zero-order valence-electron chi connectivity index (χ0n) is 14.8. The van der Waals surface area contributed by atoms with E-state index >= 15 is 0 Å². The van der Waals surface area contributed by atoms with Gasteiger partial charge in [0.15, 0.2) is 0 Å². The Labute approximate surface area is 136 Å². The number of benzene rings is 1. The van der Waals surface area contributed by atoms with Crippen molar-refractivity contribution in [3.63, 3.8) is 0 Å². The molecular formula is C19H33NO2. The molecule has 0 aliphatic rings. The summed E-state index contributed by atoms with van der Waals surface area (Å²) in [6.45, 7) is 6.42. The molecule has 0 saturated carbocycles. The van der Waals surface area contributed by atoms with Gasteiger partial charge < -0.3 is 5.11 Å². The van der Waals surface area contributed by atoms with E-state index < -0.39 is 6.09 Å². The van der Waals surface area contributed by atoms with Crippen LogP contribution in [0.1, 0.15) is 70.8 Å². The highest BCUT2D eigenvalue weighted by Gasteiger charge is 2.09. The number of anilines is 1. The standard InChI is InChI=1S/C10H22.C9H11NO2/c1-3-5-7-9-10-8-6-4-2;1-7-5-3-4-6-8(7)10(2)9(11)12/h3-10H2,1-2H3;3-6H,1-2H3,(H,11,12). The molecule has 3 heteroatoms. The average Bonchev–Trinajstić information content (AvgIpc) is 2.51. The molecule has 22 heavy (non-hydrogen) atoms. The van der Waals surface area contributed by atoms with Gasteiger partial charge in [-0.25, -0.2) is 4.79 Å². The van der Waals surface area contributed by atoms with E-state index in [1.165, 1.54) is 63.3 Å². The van der Waals surface area contributed by atoms with Crippen molar-refractivity contribution < 1.29 is 9.90 Å². The number of para-hydroxylation sites is 1. The van der Waals surface area contributed by atoms with Crippen LogP contribution in [-0.4, -0.2) is 18.2 Å². The number of unbranched alkanes of at least 4 members (excludes halogenated alkanes) is 7. The second-order valence-corrected chi connectivity index (χ2v) is 5.75. The Morgan fingerprint density at radius 3 is 1.82 bits per heavy atom. The van der Waals surface area contributed by atoms with Crippen LogP contribution >= 0.6 is 0 Å². The lowest BCUT2D eigenvalue weighted by molar-refractivity contribution is 0.203. The fourth-order valence-corrected chi connectivity index (χ4v) is 2.25. The smallest absolute Gasteiger partial charge is 0.411 e. The van der Waals surface area contributed by atoms with Crippen molar-refractivity contribution in [2.75, 3.05) is 11.9 Å². The molecule has 0 heterocycles. The highest BCUT2D eigenvalue weighted by molar-refractivity contribution is 5.86. The predicted molar refractivity (Wildman–Crippen MR) is 95.9 cm³/mol. The Morgan fingerprint density at radius 2 is 1.41 bits per heavy atom. The molecule has 0 spiro atoms. The highest BCUT2D eigenvalue weighted by Crippen LogP contribution is 2.17. The van der Waals surface area contributed by atoms with Crippen LogP contribution in [0.15, 0.2) is 24.3 Å². The third kappa shape index (κ3) is 9.43. The van der Waals surface area contributed by atoms with Crippen molar-refractivity contribution in [1.82, 2.24) is 0 Å². The number of amides is 1. The van der Waals surface area contributed by atoms with Crippen LogP contribution in [0.3, 0.4) is 0 Å². The minimum Gasteiger partial charge on any atom is -0.465 e. The first kappa shape index (κ1) is 20.5. The maximum Gasteiger partial charge on any atom is 0.411 e. The minimum absolute atomic E-state index is 0.727. The van der Waals surface area contributed by atoms with E-state index in [1.807, 2.05) is 25.1 Å². The van der Waals surface area contributed by atoms with Crippen LogP contribution in [0.4, 0.5) is 10.5 Å². The summed E-state index contributed by atoms with van der Waals surface area (Å²) in [7, 11) is 1.53. The summed E-state index contributed by atoms with van der Waals surface area (Å²) in [6.07, 6.45) is 10.5. The van der Waals surface area contributed by atoms with Crippen LogP contribution in [0.5, 0.6) is 0 Å². The first-order chi connectivity index (χ1) is 10.5. The number of hydrogen-bond acceptors (Lipinski definition) is 1. The minimum atomic E-state index is -0.940. The molecule has 0 atom stereocenters. The zero-order chi connectivity index (χ0) is 16.8. The quantitative estimate of drug-likeness (QED) is 0.576. The summed E-state index contributed by atoms with van der Waals surface area (Å²) in [6, 6.07) is 7.37. The van der Waals surface area contributed by atoms with Crippen molar-refractivity contribution in [2.45, 2.75) is 72.1 Å². The van der Waals surface area contributed by atoms with E-state index in [-0.39, 0.29) is 0 Å². The molecule has 1 amide bonds. The number of carbonyl (C=O) groups is 1. The molecule has 126 valence electrons. The molecule has 0 aromatic heterocycles. The molecular weight excluding hydrogens is 274 g/mol. The van der Waals surface area contributed by atoms with Crippen LogP contribution in [0.25, 0.3) is 0 Å². The molecule has 0 fully saturated rings. The van der Waals surface area contributed by atoms with E-state index in [2.05, 4.69) is 13.8 Å². The van der Waals surface area contributed by atoms with E-state index in [0.717, 1.165) is 11.3 Å². The predicted octanol–water partition coefficient (Wildman–Crippen LogP) is 6.26. The van der Waals surface area contributed by atoms with E-state index in [4.69, 9.17) is 5.11 Å². The first-order valence-electron chi connectivity index (χ1n) is 8.56. The largest absolute Gasteiger partial charge is 0.465 e. The normalized spacial score (nSPS) is 9.82. The summed E-state index contributed by atoms with van der Waals surface area (Å²) < 4.78 is 0. The topological polar surface area (TPSA) is 40.5 Å². The Balaban J connectivity index is 0.000000409. The van der Waals surface area contributed by atoms with E-state index in [1.54, 1.807) is 6.07 Å². The summed E-state index contributed by atoms with van der Waals surface area (Å²) in [5, 5.41) is 8.69. The molecule has 0 bridgehead atoms. The number of nitrogens with zero attached hydrogens (tertiary/aromatic N) is 1. The Hall–Kier alpha value is -1.51. The molecule has 0 aliphatic heterocycles. The molecule has 1 aromatic carbocycles. The molecule has 0 unspecified atom stereocenters. The number of rotatable bonds is 8. The molecule has 3 nitrogen and oxygen atoms in total. The van der Waals surface area contributed by atoms with Crippen LogP contribution in [-0.2, 0) is 0 Å². The van der Waals surface area contributed by atoms with Gasteiger partial charge in [0.1, 0.15) is 0 Å². The summed E-state index contributed by atoms with van der Waals surface area (Å²) >= 11 is 0. The van der Waals surface area contributed by atoms with Crippen molar-refractivity contribution in [3.8, 4) is 0 Å². The second-order valence-electron chi connectivity index (χ2n) is 5.75. The lowest BCUT2D eigenvalue weighted by atomic mass is 10.1. The van der Waals surface area contributed by atoms with Gasteiger partial charge in [-0.15, -0.1) is 0 Å². The van der Waals surface area contributed by atoms with Gasteiger partial charge in [0, 0.05) is 12.7 Å². The molecule has 0 aliphatic carbocycles. The lowest BCUT2D eigenvalue weighted by Gasteiger charge is -2.14. The van der Waals surface area contributed by atoms with Gasteiger partial charge in [0.25, 0.3) is 0 Å². The Bertz CT molecular complexity index is 396. The Kier molecular flexibility index (Phi) is 12.3. The van der Waals surface area contributed by atoms with Gasteiger partial charge in [-0.1, -0.05) is 83.4 Å². The van der Waals surface area contributed by atoms with Crippen molar-refractivity contribution >= 4 is 11.8 Å². The van der Waals surface area contributed by atoms with Gasteiger partial charge in [-0.3, -0.25) is 4.90 Å².